The predicted molar refractivity (Wildman–Crippen MR) is 163 cm³/mol. The molecule has 0 bridgehead atoms. The lowest BCUT2D eigenvalue weighted by Gasteiger charge is -2.70. The fourth-order valence-electron chi connectivity index (χ4n) is 11.7. The Labute approximate surface area is 247 Å². The van der Waals surface area contributed by atoms with Gasteiger partial charge in [0.15, 0.2) is 5.78 Å². The molecule has 41 heavy (non-hydrogen) atoms. The summed E-state index contributed by atoms with van der Waals surface area (Å²) < 4.78 is 7.57. The molecule has 4 fully saturated rings. The summed E-state index contributed by atoms with van der Waals surface area (Å²) in [5.74, 6) is 3.38. The van der Waals surface area contributed by atoms with E-state index in [1.165, 1.54) is 0 Å². The molecule has 0 aliphatic heterocycles. The van der Waals surface area contributed by atoms with Crippen LogP contribution in [0.3, 0.4) is 0 Å². The van der Waals surface area contributed by atoms with Crippen LogP contribution >= 0.6 is 0 Å². The van der Waals surface area contributed by atoms with Crippen LogP contribution in [0.4, 0.5) is 0 Å². The van der Waals surface area contributed by atoms with Gasteiger partial charge in [0, 0.05) is 29.6 Å². The molecule has 0 amide bonds. The summed E-state index contributed by atoms with van der Waals surface area (Å²) in [5, 5.41) is 0. The number of Topliss-reactive ketones (excluding diaryl/α,β-unsaturated/α-hetero) is 1. The summed E-state index contributed by atoms with van der Waals surface area (Å²) in [7, 11) is 1.59. The maximum absolute atomic E-state index is 14.0. The van der Waals surface area contributed by atoms with Crippen molar-refractivity contribution in [1.29, 1.82) is 0 Å². The van der Waals surface area contributed by atoms with Crippen LogP contribution in [0.2, 0.25) is 0 Å². The second-order valence-electron chi connectivity index (χ2n) is 16.1. The Kier molecular flexibility index (Phi) is 6.47. The molecule has 1 heterocycles. The number of imidazole rings is 1. The van der Waals surface area contributed by atoms with Gasteiger partial charge in [-0.3, -0.25) is 9.59 Å². The number of hydrogen-bond donors (Lipinski definition) is 0. The number of carbonyl (C=O) groups is 2. The van der Waals surface area contributed by atoms with E-state index >= 15 is 0 Å². The number of ether oxygens (including phenoxy) is 1. The molecule has 0 saturated heterocycles. The highest BCUT2D eigenvalue weighted by Crippen LogP contribution is 2.75. The molecule has 5 aliphatic carbocycles. The summed E-state index contributed by atoms with van der Waals surface area (Å²) in [6.45, 7) is 18.8. The Morgan fingerprint density at radius 1 is 1.05 bits per heavy atom. The van der Waals surface area contributed by atoms with Crippen molar-refractivity contribution in [2.24, 2.45) is 56.7 Å². The van der Waals surface area contributed by atoms with Crippen LogP contribution in [-0.4, -0.2) is 28.4 Å². The van der Waals surface area contributed by atoms with Crippen molar-refractivity contribution >= 4 is 18.0 Å². The van der Waals surface area contributed by atoms with Crippen molar-refractivity contribution in [3.63, 3.8) is 0 Å². The minimum Gasteiger partial charge on any atom is -0.469 e. The minimum atomic E-state index is -0.403. The van der Waals surface area contributed by atoms with Gasteiger partial charge in [0.05, 0.1) is 12.5 Å². The number of fused-ring (bicyclic) bond motifs is 7. The molecule has 4 saturated carbocycles. The Balaban J connectivity index is 1.46. The maximum Gasteiger partial charge on any atom is 0.312 e. The number of aromatic nitrogens is 2. The first kappa shape index (κ1) is 28.9. The van der Waals surface area contributed by atoms with Gasteiger partial charge < -0.3 is 9.30 Å². The molecule has 0 N–H and O–H groups in total. The van der Waals surface area contributed by atoms with Crippen molar-refractivity contribution in [3.8, 4) is 0 Å². The van der Waals surface area contributed by atoms with Crippen molar-refractivity contribution in [2.75, 3.05) is 7.11 Å². The average Bonchev–Trinajstić information content (AvgIpc) is 3.33. The zero-order valence-electron chi connectivity index (χ0n) is 27.0. The van der Waals surface area contributed by atoms with E-state index in [1.54, 1.807) is 12.7 Å². The van der Waals surface area contributed by atoms with Crippen molar-refractivity contribution in [1.82, 2.24) is 9.55 Å². The fraction of sp³-hybridized carbons (Fsp3) is 0.750. The van der Waals surface area contributed by atoms with Crippen LogP contribution in [0.5, 0.6) is 0 Å². The van der Waals surface area contributed by atoms with Gasteiger partial charge in [0.2, 0.25) is 0 Å². The summed E-state index contributed by atoms with van der Waals surface area (Å²) in [6, 6.07) is 0. The summed E-state index contributed by atoms with van der Waals surface area (Å²) in [4.78, 5) is 32.0. The molecular weight excluding hydrogens is 508 g/mol. The Morgan fingerprint density at radius 2 is 1.78 bits per heavy atom. The summed E-state index contributed by atoms with van der Waals surface area (Å²) in [5.41, 5.74) is 1.88. The number of rotatable bonds is 2. The van der Waals surface area contributed by atoms with Gasteiger partial charge >= 0.3 is 5.97 Å². The standard InChI is InChI=1S/C36H52N2O3/c1-22-12-15-36(31(40)41-9)17-16-34(7)26(29(36)23(22)2)10-11-28-33(6)20-25(21-38-19-18-37-24(38)3)30(39)32(4,5)27(33)13-14-35(28,34)8/h10,18-19,21-23,27-29H,11-17,20H2,1-9H3/b25-21-/t22-,23+,27+,28-,29+,33+,34-,35-,36+/m1/s1. The van der Waals surface area contributed by atoms with Gasteiger partial charge in [0.1, 0.15) is 5.82 Å². The third-order valence-electron chi connectivity index (χ3n) is 14.3. The fourth-order valence-corrected chi connectivity index (χ4v) is 11.7. The van der Waals surface area contributed by atoms with E-state index in [9.17, 15) is 9.59 Å². The number of methoxy groups -OCH3 is 1. The highest BCUT2D eigenvalue weighted by Gasteiger charge is 2.70. The van der Waals surface area contributed by atoms with Crippen molar-refractivity contribution < 1.29 is 14.3 Å². The third-order valence-corrected chi connectivity index (χ3v) is 14.3. The van der Waals surface area contributed by atoms with Crippen LogP contribution in [-0.2, 0) is 14.3 Å². The van der Waals surface area contributed by atoms with Gasteiger partial charge in [-0.05, 0) is 104 Å². The molecule has 9 atom stereocenters. The SMILES string of the molecule is COC(=O)[C@]12CC[C@@H](C)[C@H](C)[C@H]1C1=CC[C@@H]3[C@@]4(C)C/C(=C/n5ccnc5C)C(=O)C(C)(C)[C@@H]4CC[C@@]3(C)[C@]1(C)CC2. The molecule has 224 valence electrons. The number of aryl methyl sites for hydroxylation is 1. The largest absolute Gasteiger partial charge is 0.469 e. The highest BCUT2D eigenvalue weighted by molar-refractivity contribution is 6.03. The Morgan fingerprint density at radius 3 is 2.44 bits per heavy atom. The Bertz CT molecular complexity index is 1340. The number of carbonyl (C=O) groups excluding carboxylic acids is 2. The summed E-state index contributed by atoms with van der Waals surface area (Å²) in [6.07, 6.45) is 16.5. The molecule has 6 rings (SSSR count). The minimum absolute atomic E-state index is 0.0120. The molecule has 1 aromatic heterocycles. The van der Waals surface area contributed by atoms with E-state index in [2.05, 4.69) is 65.7 Å². The molecule has 0 aromatic carbocycles. The first-order chi connectivity index (χ1) is 19.2. The van der Waals surface area contributed by atoms with Crippen molar-refractivity contribution in [3.05, 3.63) is 35.4 Å². The topological polar surface area (TPSA) is 61.2 Å². The van der Waals surface area contributed by atoms with E-state index in [0.717, 1.165) is 62.8 Å². The second kappa shape index (κ2) is 9.16. The lowest BCUT2D eigenvalue weighted by atomic mass is 9.33. The van der Waals surface area contributed by atoms with Crippen LogP contribution in [0.15, 0.2) is 29.6 Å². The first-order valence-electron chi connectivity index (χ1n) is 16.2. The molecule has 0 spiro atoms. The van der Waals surface area contributed by atoms with Crippen LogP contribution in [0.1, 0.15) is 106 Å². The summed E-state index contributed by atoms with van der Waals surface area (Å²) >= 11 is 0. The number of nitrogens with zero attached hydrogens (tertiary/aromatic N) is 2. The normalized spacial score (nSPS) is 46.1. The van der Waals surface area contributed by atoms with Crippen molar-refractivity contribution in [2.45, 2.75) is 107 Å². The smallest absolute Gasteiger partial charge is 0.312 e. The van der Waals surface area contributed by atoms with E-state index < -0.39 is 5.41 Å². The molecule has 0 radical (unpaired) electrons. The zero-order chi connectivity index (χ0) is 29.8. The molecular formula is C36H52N2O3. The van der Waals surface area contributed by atoms with E-state index in [0.29, 0.717) is 29.5 Å². The first-order valence-corrected chi connectivity index (χ1v) is 16.2. The third kappa shape index (κ3) is 3.62. The number of esters is 1. The van der Waals surface area contributed by atoms with E-state index in [4.69, 9.17) is 4.74 Å². The van der Waals surface area contributed by atoms with Crippen LogP contribution in [0.25, 0.3) is 6.20 Å². The zero-order valence-corrected chi connectivity index (χ0v) is 27.0. The molecule has 0 unspecified atom stereocenters. The van der Waals surface area contributed by atoms with Crippen LogP contribution < -0.4 is 0 Å². The van der Waals surface area contributed by atoms with Gasteiger partial charge in [0.25, 0.3) is 0 Å². The van der Waals surface area contributed by atoms with Gasteiger partial charge in [-0.1, -0.05) is 60.1 Å². The number of hydrogen-bond acceptors (Lipinski definition) is 4. The predicted octanol–water partition coefficient (Wildman–Crippen LogP) is 8.04. The highest BCUT2D eigenvalue weighted by atomic mass is 16.5. The lowest BCUT2D eigenvalue weighted by Crippen LogP contribution is -2.65. The van der Waals surface area contributed by atoms with Crippen LogP contribution in [0, 0.1) is 63.6 Å². The monoisotopic (exact) mass is 560 g/mol. The lowest BCUT2D eigenvalue weighted by molar-refractivity contribution is -0.187. The average molecular weight is 561 g/mol. The quantitative estimate of drug-likeness (QED) is 0.209. The van der Waals surface area contributed by atoms with E-state index in [-0.39, 0.29) is 33.5 Å². The molecule has 5 nitrogen and oxygen atoms in total. The Hall–Kier alpha value is -2.17. The molecule has 5 heteroatoms. The second-order valence-corrected chi connectivity index (χ2v) is 16.1. The number of allylic oxidation sites excluding steroid dienone is 3. The van der Waals surface area contributed by atoms with E-state index in [1.807, 2.05) is 23.9 Å². The maximum atomic E-state index is 14.0. The van der Waals surface area contributed by atoms with Gasteiger partial charge in [-0.2, -0.15) is 0 Å². The molecule has 1 aromatic rings. The van der Waals surface area contributed by atoms with Gasteiger partial charge in [-0.15, -0.1) is 0 Å². The molecule has 5 aliphatic rings. The van der Waals surface area contributed by atoms with Gasteiger partial charge in [-0.25, -0.2) is 4.98 Å². The number of ketones is 1.